The maximum absolute atomic E-state index is 13.8. The number of rotatable bonds is 2. The van der Waals surface area contributed by atoms with Crippen LogP contribution in [0.3, 0.4) is 0 Å². The lowest BCUT2D eigenvalue weighted by Crippen LogP contribution is -2.17. The number of aromatic nitrogens is 4. The highest BCUT2D eigenvalue weighted by Gasteiger charge is 2.37. The van der Waals surface area contributed by atoms with Gasteiger partial charge in [0, 0.05) is 6.42 Å². The molecule has 18 heavy (non-hydrogen) atoms. The van der Waals surface area contributed by atoms with Gasteiger partial charge in [-0.25, -0.2) is 14.4 Å². The number of aliphatic hydroxyl groups is 1. The van der Waals surface area contributed by atoms with E-state index < -0.39 is 18.5 Å². The van der Waals surface area contributed by atoms with Crippen molar-refractivity contribution in [3.05, 3.63) is 23.0 Å². The summed E-state index contributed by atoms with van der Waals surface area (Å²) in [5.41, 5.74) is 0.0246. The van der Waals surface area contributed by atoms with Crippen LogP contribution < -0.4 is 5.56 Å². The molecule has 8 heteroatoms. The topological polar surface area (TPSA) is 93.0 Å². The molecule has 3 atom stereocenters. The summed E-state index contributed by atoms with van der Waals surface area (Å²) < 4.78 is 20.6. The fourth-order valence-electron chi connectivity index (χ4n) is 2.11. The lowest BCUT2D eigenvalue weighted by molar-refractivity contribution is -0.0351. The molecule has 0 amide bonds. The SMILES string of the molecule is O=c1[nH]cnc2c1ncn2[C@@H]1O[C@H](CO)C[C@H]1F. The quantitative estimate of drug-likeness (QED) is 0.770. The Balaban J connectivity index is 2.05. The molecule has 1 fully saturated rings. The van der Waals surface area contributed by atoms with Gasteiger partial charge >= 0.3 is 0 Å². The molecule has 1 aliphatic rings. The molecule has 0 radical (unpaired) electrons. The summed E-state index contributed by atoms with van der Waals surface area (Å²) >= 11 is 0. The molecule has 2 aromatic rings. The fourth-order valence-corrected chi connectivity index (χ4v) is 2.11. The number of aliphatic hydroxyl groups excluding tert-OH is 1. The van der Waals surface area contributed by atoms with Gasteiger partial charge in [-0.05, 0) is 0 Å². The fraction of sp³-hybridized carbons (Fsp3) is 0.500. The molecule has 0 saturated carbocycles. The molecule has 0 unspecified atom stereocenters. The second kappa shape index (κ2) is 4.14. The van der Waals surface area contributed by atoms with Crippen LogP contribution in [0.4, 0.5) is 4.39 Å². The number of hydrogen-bond donors (Lipinski definition) is 2. The highest BCUT2D eigenvalue weighted by atomic mass is 19.1. The molecule has 2 N–H and O–H groups in total. The van der Waals surface area contributed by atoms with Gasteiger partial charge in [-0.3, -0.25) is 9.36 Å². The Hall–Kier alpha value is -1.80. The van der Waals surface area contributed by atoms with Crippen molar-refractivity contribution < 1.29 is 14.2 Å². The second-order valence-electron chi connectivity index (χ2n) is 4.14. The number of nitrogens with one attached hydrogen (secondary N) is 1. The van der Waals surface area contributed by atoms with E-state index in [4.69, 9.17) is 9.84 Å². The van der Waals surface area contributed by atoms with E-state index in [2.05, 4.69) is 15.0 Å². The van der Waals surface area contributed by atoms with E-state index in [0.717, 1.165) is 0 Å². The molecule has 96 valence electrons. The molecule has 1 aliphatic heterocycles. The number of ether oxygens (including phenoxy) is 1. The average Bonchev–Trinajstić information content (AvgIpc) is 2.93. The number of imidazole rings is 1. The standard InChI is InChI=1S/C10H11FN4O3/c11-6-1-5(2-16)18-10(6)15-4-14-7-8(15)12-3-13-9(7)17/h3-6,10,16H,1-2H2,(H,12,13,17)/t5-,6+,10+/m0/s1. The third-order valence-electron chi connectivity index (χ3n) is 2.97. The Kier molecular flexibility index (Phi) is 2.60. The third-order valence-corrected chi connectivity index (χ3v) is 2.97. The van der Waals surface area contributed by atoms with Crippen molar-refractivity contribution in [1.82, 2.24) is 19.5 Å². The first kappa shape index (κ1) is 11.3. The van der Waals surface area contributed by atoms with Crippen LogP contribution in [0.1, 0.15) is 12.6 Å². The van der Waals surface area contributed by atoms with Gasteiger partial charge in [0.15, 0.2) is 17.4 Å². The minimum atomic E-state index is -1.26. The zero-order chi connectivity index (χ0) is 12.7. The largest absolute Gasteiger partial charge is 0.394 e. The van der Waals surface area contributed by atoms with Crippen molar-refractivity contribution in [2.75, 3.05) is 6.61 Å². The van der Waals surface area contributed by atoms with E-state index in [1.807, 2.05) is 0 Å². The number of H-pyrrole nitrogens is 1. The molecule has 3 rings (SSSR count). The maximum atomic E-state index is 13.8. The monoisotopic (exact) mass is 254 g/mol. The number of hydrogen-bond acceptors (Lipinski definition) is 5. The smallest absolute Gasteiger partial charge is 0.278 e. The minimum Gasteiger partial charge on any atom is -0.394 e. The normalized spacial score (nSPS) is 28.0. The molecule has 0 bridgehead atoms. The van der Waals surface area contributed by atoms with Crippen LogP contribution >= 0.6 is 0 Å². The highest BCUT2D eigenvalue weighted by molar-refractivity contribution is 5.68. The summed E-state index contributed by atoms with van der Waals surface area (Å²) in [4.78, 5) is 21.7. The molecule has 0 spiro atoms. The van der Waals surface area contributed by atoms with Crippen molar-refractivity contribution >= 4 is 11.2 Å². The second-order valence-corrected chi connectivity index (χ2v) is 4.14. The Labute approximate surface area is 100 Å². The molecule has 7 nitrogen and oxygen atoms in total. The van der Waals surface area contributed by atoms with Gasteiger partial charge in [0.25, 0.3) is 5.56 Å². The Morgan fingerprint density at radius 2 is 2.44 bits per heavy atom. The van der Waals surface area contributed by atoms with Gasteiger partial charge in [-0.2, -0.15) is 0 Å². The molecule has 0 aliphatic carbocycles. The summed E-state index contributed by atoms with van der Waals surface area (Å²) in [5.74, 6) is 0. The van der Waals surface area contributed by atoms with Gasteiger partial charge in [-0.1, -0.05) is 0 Å². The Morgan fingerprint density at radius 3 is 3.17 bits per heavy atom. The van der Waals surface area contributed by atoms with Gasteiger partial charge in [-0.15, -0.1) is 0 Å². The van der Waals surface area contributed by atoms with E-state index in [0.29, 0.717) is 0 Å². The number of fused-ring (bicyclic) bond motifs is 1. The van der Waals surface area contributed by atoms with Crippen molar-refractivity contribution in [3.8, 4) is 0 Å². The van der Waals surface area contributed by atoms with Crippen molar-refractivity contribution in [2.45, 2.75) is 24.9 Å². The van der Waals surface area contributed by atoms with Crippen molar-refractivity contribution in [1.29, 1.82) is 0 Å². The van der Waals surface area contributed by atoms with Crippen LogP contribution in [0.5, 0.6) is 0 Å². The van der Waals surface area contributed by atoms with Gasteiger partial charge < -0.3 is 14.8 Å². The number of nitrogens with zero attached hydrogens (tertiary/aromatic N) is 3. The van der Waals surface area contributed by atoms with E-state index in [9.17, 15) is 9.18 Å². The summed E-state index contributed by atoms with van der Waals surface area (Å²) in [6.45, 7) is -0.239. The summed E-state index contributed by atoms with van der Waals surface area (Å²) in [7, 11) is 0. The Bertz CT molecular complexity index is 625. The van der Waals surface area contributed by atoms with Crippen LogP contribution in [0.25, 0.3) is 11.2 Å². The van der Waals surface area contributed by atoms with Gasteiger partial charge in [0.2, 0.25) is 0 Å². The first-order chi connectivity index (χ1) is 8.70. The van der Waals surface area contributed by atoms with E-state index in [-0.39, 0.29) is 29.8 Å². The first-order valence-electron chi connectivity index (χ1n) is 5.51. The molecule has 3 heterocycles. The number of halogens is 1. The molecular weight excluding hydrogens is 243 g/mol. The average molecular weight is 254 g/mol. The molecule has 2 aromatic heterocycles. The third kappa shape index (κ3) is 1.61. The van der Waals surface area contributed by atoms with Crippen molar-refractivity contribution in [2.24, 2.45) is 0 Å². The van der Waals surface area contributed by atoms with E-state index >= 15 is 0 Å². The molecule has 0 aromatic carbocycles. The lowest BCUT2D eigenvalue weighted by Gasteiger charge is -2.14. The first-order valence-corrected chi connectivity index (χ1v) is 5.51. The van der Waals surface area contributed by atoms with Gasteiger partial charge in [0.05, 0.1) is 25.4 Å². The zero-order valence-electron chi connectivity index (χ0n) is 9.28. The van der Waals surface area contributed by atoms with E-state index in [1.54, 1.807) is 0 Å². The van der Waals surface area contributed by atoms with Crippen LogP contribution in [0.15, 0.2) is 17.4 Å². The van der Waals surface area contributed by atoms with Crippen LogP contribution in [-0.2, 0) is 4.74 Å². The van der Waals surface area contributed by atoms with Crippen molar-refractivity contribution in [3.63, 3.8) is 0 Å². The maximum Gasteiger partial charge on any atom is 0.278 e. The summed E-state index contributed by atoms with van der Waals surface area (Å²) in [5, 5.41) is 8.97. The number of alkyl halides is 1. The molecular formula is C10H11FN4O3. The van der Waals surface area contributed by atoms with Gasteiger partial charge in [0.1, 0.15) is 6.17 Å². The minimum absolute atomic E-state index is 0.115. The van der Waals surface area contributed by atoms with Crippen LogP contribution in [0.2, 0.25) is 0 Å². The predicted octanol–water partition coefficient (Wildman–Crippen LogP) is -0.263. The lowest BCUT2D eigenvalue weighted by atomic mass is 10.2. The molecule has 1 saturated heterocycles. The highest BCUT2D eigenvalue weighted by Crippen LogP contribution is 2.32. The zero-order valence-corrected chi connectivity index (χ0v) is 9.28. The van der Waals surface area contributed by atoms with Crippen LogP contribution in [-0.4, -0.2) is 43.5 Å². The summed E-state index contributed by atoms with van der Waals surface area (Å²) in [6.07, 6.45) is -0.0331. The van der Waals surface area contributed by atoms with E-state index in [1.165, 1.54) is 17.2 Å². The Morgan fingerprint density at radius 1 is 1.61 bits per heavy atom. The van der Waals surface area contributed by atoms with Crippen LogP contribution in [0, 0.1) is 0 Å². The number of aromatic amines is 1. The summed E-state index contributed by atoms with van der Waals surface area (Å²) in [6, 6.07) is 0. The predicted molar refractivity (Wildman–Crippen MR) is 58.7 cm³/mol.